The predicted octanol–water partition coefficient (Wildman–Crippen LogP) is 1.69. The lowest BCUT2D eigenvalue weighted by Gasteiger charge is -2.05. The van der Waals surface area contributed by atoms with E-state index in [1.165, 1.54) is 12.3 Å². The van der Waals surface area contributed by atoms with Gasteiger partial charge in [0, 0.05) is 0 Å². The molecule has 0 aliphatic carbocycles. The molecule has 0 spiro atoms. The zero-order valence-corrected chi connectivity index (χ0v) is 8.52. The van der Waals surface area contributed by atoms with Crippen LogP contribution in [-0.4, -0.2) is 22.2 Å². The SMILES string of the molecule is O=C(O)CC(C(=O)O)c1cc(Br)co1. The first-order valence-corrected chi connectivity index (χ1v) is 4.48. The van der Waals surface area contributed by atoms with E-state index in [9.17, 15) is 9.59 Å². The summed E-state index contributed by atoms with van der Waals surface area (Å²) in [6.45, 7) is 0. The average Bonchev–Trinajstić information content (AvgIpc) is 2.46. The Kier molecular flexibility index (Phi) is 3.29. The summed E-state index contributed by atoms with van der Waals surface area (Å²) in [5, 5.41) is 17.2. The van der Waals surface area contributed by atoms with Crippen molar-refractivity contribution in [3.05, 3.63) is 22.6 Å². The fourth-order valence-corrected chi connectivity index (χ4v) is 1.31. The second-order valence-corrected chi connectivity index (χ2v) is 3.57. The molecule has 0 amide bonds. The van der Waals surface area contributed by atoms with Gasteiger partial charge in [-0.2, -0.15) is 0 Å². The summed E-state index contributed by atoms with van der Waals surface area (Å²) in [4.78, 5) is 21.1. The minimum absolute atomic E-state index is 0.131. The number of halogens is 1. The predicted molar refractivity (Wildman–Crippen MR) is 49.0 cm³/mol. The normalized spacial score (nSPS) is 12.4. The van der Waals surface area contributed by atoms with Crippen LogP contribution in [0, 0.1) is 0 Å². The maximum atomic E-state index is 10.7. The Morgan fingerprint density at radius 1 is 1.50 bits per heavy atom. The zero-order chi connectivity index (χ0) is 10.7. The summed E-state index contributed by atoms with van der Waals surface area (Å²) in [5.74, 6) is -3.40. The summed E-state index contributed by atoms with van der Waals surface area (Å²) < 4.78 is 5.48. The van der Waals surface area contributed by atoms with Gasteiger partial charge in [0.25, 0.3) is 0 Å². The van der Waals surface area contributed by atoms with Gasteiger partial charge in [-0.3, -0.25) is 9.59 Å². The Bertz CT molecular complexity index is 356. The highest BCUT2D eigenvalue weighted by atomic mass is 79.9. The third kappa shape index (κ3) is 2.59. The van der Waals surface area contributed by atoms with E-state index in [4.69, 9.17) is 14.6 Å². The van der Waals surface area contributed by atoms with E-state index < -0.39 is 24.3 Å². The van der Waals surface area contributed by atoms with Crippen LogP contribution in [0.1, 0.15) is 18.1 Å². The van der Waals surface area contributed by atoms with Gasteiger partial charge in [-0.25, -0.2) is 0 Å². The molecule has 1 rings (SSSR count). The van der Waals surface area contributed by atoms with Crippen LogP contribution in [0.4, 0.5) is 0 Å². The van der Waals surface area contributed by atoms with E-state index in [-0.39, 0.29) is 5.76 Å². The average molecular weight is 263 g/mol. The molecular formula is C8H7BrO5. The molecule has 0 bridgehead atoms. The Morgan fingerprint density at radius 3 is 2.50 bits per heavy atom. The number of hydrogen-bond acceptors (Lipinski definition) is 3. The fraction of sp³-hybridized carbons (Fsp3) is 0.250. The summed E-state index contributed by atoms with van der Waals surface area (Å²) >= 11 is 3.08. The topological polar surface area (TPSA) is 87.7 Å². The van der Waals surface area contributed by atoms with Crippen LogP contribution >= 0.6 is 15.9 Å². The molecule has 1 unspecified atom stereocenters. The van der Waals surface area contributed by atoms with E-state index in [1.807, 2.05) is 0 Å². The fourth-order valence-electron chi connectivity index (χ4n) is 0.995. The molecule has 76 valence electrons. The van der Waals surface area contributed by atoms with Crippen LogP contribution in [0.25, 0.3) is 0 Å². The molecule has 1 aromatic rings. The lowest BCUT2D eigenvalue weighted by molar-refractivity contribution is -0.145. The molecule has 2 N–H and O–H groups in total. The molecule has 0 saturated carbocycles. The lowest BCUT2D eigenvalue weighted by Crippen LogP contribution is -2.15. The van der Waals surface area contributed by atoms with Crippen LogP contribution in [0.2, 0.25) is 0 Å². The molecule has 0 aromatic carbocycles. The number of rotatable bonds is 4. The lowest BCUT2D eigenvalue weighted by atomic mass is 10.0. The Labute approximate surface area is 87.5 Å². The highest BCUT2D eigenvalue weighted by Gasteiger charge is 2.26. The minimum Gasteiger partial charge on any atom is -0.481 e. The minimum atomic E-state index is -1.21. The van der Waals surface area contributed by atoms with Gasteiger partial charge in [-0.15, -0.1) is 0 Å². The molecule has 0 aliphatic rings. The molecule has 0 saturated heterocycles. The second-order valence-electron chi connectivity index (χ2n) is 2.66. The molecule has 1 atom stereocenters. The van der Waals surface area contributed by atoms with Gasteiger partial charge in [-0.05, 0) is 22.0 Å². The third-order valence-electron chi connectivity index (χ3n) is 1.61. The van der Waals surface area contributed by atoms with Gasteiger partial charge < -0.3 is 14.6 Å². The Hall–Kier alpha value is -1.30. The van der Waals surface area contributed by atoms with E-state index in [2.05, 4.69) is 15.9 Å². The van der Waals surface area contributed by atoms with Crippen molar-refractivity contribution in [1.29, 1.82) is 0 Å². The molecule has 1 heterocycles. The first-order valence-electron chi connectivity index (χ1n) is 3.69. The monoisotopic (exact) mass is 262 g/mol. The number of carbonyl (C=O) groups is 2. The van der Waals surface area contributed by atoms with E-state index >= 15 is 0 Å². The van der Waals surface area contributed by atoms with Gasteiger partial charge in [-0.1, -0.05) is 0 Å². The summed E-state index contributed by atoms with van der Waals surface area (Å²) in [6.07, 6.45) is 0.822. The van der Waals surface area contributed by atoms with Gasteiger partial charge in [0.15, 0.2) is 0 Å². The smallest absolute Gasteiger partial charge is 0.314 e. The Morgan fingerprint density at radius 2 is 2.14 bits per heavy atom. The molecular weight excluding hydrogens is 256 g/mol. The summed E-state index contributed by atoms with van der Waals surface area (Å²) in [5.41, 5.74) is 0. The number of hydrogen-bond donors (Lipinski definition) is 2. The van der Waals surface area contributed by atoms with Crippen molar-refractivity contribution >= 4 is 27.9 Å². The number of carboxylic acids is 2. The number of aliphatic carboxylic acids is 2. The van der Waals surface area contributed by atoms with Crippen molar-refractivity contribution in [2.45, 2.75) is 12.3 Å². The molecule has 0 aliphatic heterocycles. The van der Waals surface area contributed by atoms with Crippen molar-refractivity contribution in [3.63, 3.8) is 0 Å². The molecule has 1 aromatic heterocycles. The van der Waals surface area contributed by atoms with Crippen molar-refractivity contribution < 1.29 is 24.2 Å². The maximum absolute atomic E-state index is 10.7. The van der Waals surface area contributed by atoms with E-state index in [0.29, 0.717) is 4.47 Å². The highest BCUT2D eigenvalue weighted by Crippen LogP contribution is 2.24. The molecule has 5 nitrogen and oxygen atoms in total. The standard InChI is InChI=1S/C8H7BrO5/c9-4-1-6(14-3-4)5(8(12)13)2-7(10)11/h1,3,5H,2H2,(H,10,11)(H,12,13). The van der Waals surface area contributed by atoms with Gasteiger partial charge >= 0.3 is 11.9 Å². The number of furan rings is 1. The largest absolute Gasteiger partial charge is 0.481 e. The quantitative estimate of drug-likeness (QED) is 0.862. The number of carboxylic acid groups (broad SMARTS) is 2. The van der Waals surface area contributed by atoms with Gasteiger partial charge in [0.2, 0.25) is 0 Å². The molecule has 0 radical (unpaired) electrons. The van der Waals surface area contributed by atoms with Crippen LogP contribution in [0.5, 0.6) is 0 Å². The van der Waals surface area contributed by atoms with E-state index in [1.54, 1.807) is 0 Å². The Balaban J connectivity index is 2.88. The van der Waals surface area contributed by atoms with Crippen molar-refractivity contribution in [2.75, 3.05) is 0 Å². The molecule has 14 heavy (non-hydrogen) atoms. The summed E-state index contributed by atoms with van der Waals surface area (Å²) in [6, 6.07) is 1.45. The zero-order valence-electron chi connectivity index (χ0n) is 6.94. The third-order valence-corrected chi connectivity index (χ3v) is 2.02. The highest BCUT2D eigenvalue weighted by molar-refractivity contribution is 9.10. The van der Waals surface area contributed by atoms with Crippen LogP contribution in [0.3, 0.4) is 0 Å². The maximum Gasteiger partial charge on any atom is 0.314 e. The van der Waals surface area contributed by atoms with Crippen molar-refractivity contribution in [2.24, 2.45) is 0 Å². The van der Waals surface area contributed by atoms with E-state index in [0.717, 1.165) is 0 Å². The van der Waals surface area contributed by atoms with Crippen molar-refractivity contribution in [1.82, 2.24) is 0 Å². The second kappa shape index (κ2) is 4.28. The summed E-state index contributed by atoms with van der Waals surface area (Å²) in [7, 11) is 0. The van der Waals surface area contributed by atoms with Crippen LogP contribution < -0.4 is 0 Å². The van der Waals surface area contributed by atoms with Crippen LogP contribution in [0.15, 0.2) is 21.2 Å². The van der Waals surface area contributed by atoms with Crippen molar-refractivity contribution in [3.8, 4) is 0 Å². The first-order chi connectivity index (χ1) is 6.50. The molecule has 0 fully saturated rings. The van der Waals surface area contributed by atoms with Crippen LogP contribution in [-0.2, 0) is 9.59 Å². The molecule has 6 heteroatoms. The van der Waals surface area contributed by atoms with Gasteiger partial charge in [0.05, 0.1) is 10.9 Å². The van der Waals surface area contributed by atoms with Gasteiger partial charge in [0.1, 0.15) is 17.9 Å². The first kappa shape index (κ1) is 10.8.